The van der Waals surface area contributed by atoms with E-state index in [0.29, 0.717) is 16.3 Å². The Morgan fingerprint density at radius 3 is 2.42 bits per heavy atom. The Morgan fingerprint density at radius 1 is 1.21 bits per heavy atom. The Hall–Kier alpha value is -2.42. The lowest BCUT2D eigenvalue weighted by Crippen LogP contribution is -2.33. The molecule has 6 nitrogen and oxygen atoms in total. The van der Waals surface area contributed by atoms with Gasteiger partial charge in [-0.1, -0.05) is 6.58 Å². The van der Waals surface area contributed by atoms with Gasteiger partial charge < -0.3 is 0 Å². The summed E-state index contributed by atoms with van der Waals surface area (Å²) in [6.45, 7) is 5.86. The van der Waals surface area contributed by atoms with Gasteiger partial charge in [-0.2, -0.15) is 0 Å². The number of hydrogen-bond donors (Lipinski definition) is 2. The number of primary sulfonamides is 1. The van der Waals surface area contributed by atoms with Gasteiger partial charge in [-0.05, 0) is 49.4 Å². The molecule has 0 amide bonds. The number of nitrogens with zero attached hydrogens (tertiary/aromatic N) is 1. The quantitative estimate of drug-likeness (QED) is 0.707. The van der Waals surface area contributed by atoms with Crippen molar-refractivity contribution < 1.29 is 8.42 Å². The molecule has 8 heteroatoms. The van der Waals surface area contributed by atoms with Crippen LogP contribution in [0.15, 0.2) is 46.1 Å². The van der Waals surface area contributed by atoms with Crippen LogP contribution in [0.4, 0.5) is 0 Å². The smallest absolute Gasteiger partial charge is 0.279 e. The second-order valence-electron chi connectivity index (χ2n) is 5.28. The van der Waals surface area contributed by atoms with Crippen molar-refractivity contribution >= 4 is 34.0 Å². The molecule has 3 N–H and O–H groups in total. The summed E-state index contributed by atoms with van der Waals surface area (Å²) in [7, 11) is -3.77. The normalized spacial score (nSPS) is 12.7. The summed E-state index contributed by atoms with van der Waals surface area (Å²) in [5.74, 6) is 0. The fourth-order valence-corrected chi connectivity index (χ4v) is 3.62. The lowest BCUT2D eigenvalue weighted by Gasteiger charge is -2.02. The van der Waals surface area contributed by atoms with Gasteiger partial charge in [0, 0.05) is 9.75 Å². The van der Waals surface area contributed by atoms with Crippen molar-refractivity contribution in [2.24, 2.45) is 5.14 Å². The summed E-state index contributed by atoms with van der Waals surface area (Å²) in [5, 5.41) is 8.93. The summed E-state index contributed by atoms with van der Waals surface area (Å²) in [4.78, 5) is 14.7. The maximum absolute atomic E-state index is 12.6. The molecule has 2 heterocycles. The average Bonchev–Trinajstić information content (AvgIpc) is 3.05. The lowest BCUT2D eigenvalue weighted by atomic mass is 10.3. The van der Waals surface area contributed by atoms with Crippen molar-refractivity contribution in [2.45, 2.75) is 11.8 Å². The Bertz CT molecular complexity index is 1170. The second kappa shape index (κ2) is 5.90. The van der Waals surface area contributed by atoms with Crippen molar-refractivity contribution in [3.63, 3.8) is 0 Å². The molecule has 0 aliphatic carbocycles. The first-order valence-corrected chi connectivity index (χ1v) is 9.33. The maximum atomic E-state index is 12.6. The highest BCUT2D eigenvalue weighted by atomic mass is 32.2. The third-order valence-corrected chi connectivity index (χ3v) is 5.35. The first kappa shape index (κ1) is 16.4. The Kier molecular flexibility index (Phi) is 4.04. The number of aryl methyl sites for hydroxylation is 1. The van der Waals surface area contributed by atoms with E-state index in [0.717, 1.165) is 9.75 Å². The molecule has 0 unspecified atom stereocenters. The number of benzene rings is 1. The van der Waals surface area contributed by atoms with Gasteiger partial charge in [-0.15, -0.1) is 11.3 Å². The Labute approximate surface area is 142 Å². The number of nitrogens with one attached hydrogen (secondary N) is 1. The molecular formula is C16H15N3O3S2. The van der Waals surface area contributed by atoms with Gasteiger partial charge >= 0.3 is 0 Å². The number of nitrogens with two attached hydrogens (primary N) is 1. The van der Waals surface area contributed by atoms with Crippen molar-refractivity contribution in [3.8, 4) is 5.69 Å². The summed E-state index contributed by atoms with van der Waals surface area (Å²) < 4.78 is 23.9. The first-order valence-electron chi connectivity index (χ1n) is 6.97. The highest BCUT2D eigenvalue weighted by Gasteiger charge is 2.09. The lowest BCUT2D eigenvalue weighted by molar-refractivity contribution is 0.598. The third-order valence-electron chi connectivity index (χ3n) is 3.48. The minimum absolute atomic E-state index is 0.0125. The van der Waals surface area contributed by atoms with Gasteiger partial charge in [-0.25, -0.2) is 18.2 Å². The van der Waals surface area contributed by atoms with E-state index in [-0.39, 0.29) is 10.5 Å². The Morgan fingerprint density at radius 2 is 1.88 bits per heavy atom. The molecule has 0 aliphatic rings. The van der Waals surface area contributed by atoms with Gasteiger partial charge in [0.15, 0.2) is 0 Å². The predicted molar refractivity (Wildman–Crippen MR) is 95.2 cm³/mol. The number of H-pyrrole nitrogens is 1. The highest BCUT2D eigenvalue weighted by molar-refractivity contribution is 7.89. The molecule has 0 spiro atoms. The number of thiophene rings is 1. The molecule has 0 saturated carbocycles. The molecule has 124 valence electrons. The molecule has 0 saturated heterocycles. The van der Waals surface area contributed by atoms with E-state index < -0.39 is 10.0 Å². The van der Waals surface area contributed by atoms with E-state index in [1.165, 1.54) is 28.9 Å². The number of aromatic nitrogens is 2. The zero-order chi connectivity index (χ0) is 17.5. The van der Waals surface area contributed by atoms with Crippen LogP contribution >= 0.6 is 11.3 Å². The van der Waals surface area contributed by atoms with Gasteiger partial charge in [0.1, 0.15) is 0 Å². The van der Waals surface area contributed by atoms with Gasteiger partial charge in [-0.3, -0.25) is 9.89 Å². The van der Waals surface area contributed by atoms with Crippen LogP contribution in [-0.4, -0.2) is 18.2 Å². The van der Waals surface area contributed by atoms with E-state index in [1.807, 2.05) is 19.1 Å². The van der Waals surface area contributed by atoms with Crippen molar-refractivity contribution in [3.05, 3.63) is 67.1 Å². The van der Waals surface area contributed by atoms with Crippen LogP contribution in [0.5, 0.6) is 0 Å². The van der Waals surface area contributed by atoms with Crippen LogP contribution in [0.2, 0.25) is 0 Å². The molecule has 3 aromatic rings. The van der Waals surface area contributed by atoms with Crippen molar-refractivity contribution in [1.82, 2.24) is 9.78 Å². The minimum atomic E-state index is -3.77. The molecule has 0 fully saturated rings. The van der Waals surface area contributed by atoms with Crippen molar-refractivity contribution in [2.75, 3.05) is 0 Å². The molecule has 0 radical (unpaired) electrons. The molecule has 1 aromatic carbocycles. The summed E-state index contributed by atoms with van der Waals surface area (Å²) in [5.41, 5.74) is 0.244. The SMILES string of the molecule is C=c1[nH]n(-c2ccc(S(N)(=O)=O)cc2)c(=O)c1=Cc1ccc(C)s1. The molecule has 0 aliphatic heterocycles. The van der Waals surface area contributed by atoms with E-state index in [2.05, 4.69) is 11.7 Å². The van der Waals surface area contributed by atoms with Gasteiger partial charge in [0.25, 0.3) is 5.56 Å². The number of rotatable bonds is 3. The van der Waals surface area contributed by atoms with E-state index in [4.69, 9.17) is 5.14 Å². The number of hydrogen-bond acceptors (Lipinski definition) is 4. The predicted octanol–water partition coefficient (Wildman–Crippen LogP) is 0.422. The Balaban J connectivity index is 2.11. The summed E-state index contributed by atoms with van der Waals surface area (Å²) >= 11 is 1.58. The monoisotopic (exact) mass is 361 g/mol. The molecule has 0 atom stereocenters. The topological polar surface area (TPSA) is 97.9 Å². The molecule has 24 heavy (non-hydrogen) atoms. The molecule has 2 aromatic heterocycles. The maximum Gasteiger partial charge on any atom is 0.279 e. The second-order valence-corrected chi connectivity index (χ2v) is 8.16. The fourth-order valence-electron chi connectivity index (χ4n) is 2.28. The van der Waals surface area contributed by atoms with E-state index >= 15 is 0 Å². The number of sulfonamides is 1. The minimum Gasteiger partial charge on any atom is -0.291 e. The summed E-state index contributed by atoms with van der Waals surface area (Å²) in [6.07, 6.45) is 1.79. The van der Waals surface area contributed by atoms with Crippen molar-refractivity contribution in [1.29, 1.82) is 0 Å². The van der Waals surface area contributed by atoms with Crippen LogP contribution in [0.3, 0.4) is 0 Å². The van der Waals surface area contributed by atoms with E-state index in [9.17, 15) is 13.2 Å². The highest BCUT2D eigenvalue weighted by Crippen LogP contribution is 2.15. The molecule has 3 rings (SSSR count). The fraction of sp³-hybridized carbons (Fsp3) is 0.0625. The third kappa shape index (κ3) is 3.12. The van der Waals surface area contributed by atoms with Gasteiger partial charge in [0.2, 0.25) is 10.0 Å². The molecular weight excluding hydrogens is 346 g/mol. The standard InChI is InChI=1S/C16H15N3O3S2/c1-10-3-6-13(23-10)9-15-11(2)18-19(16(15)20)12-4-7-14(8-5-12)24(17,21)22/h3-9,18H,2H2,1H3,(H2,17,21,22). The van der Waals surface area contributed by atoms with Crippen LogP contribution in [0.1, 0.15) is 9.75 Å². The molecule has 0 bridgehead atoms. The van der Waals surface area contributed by atoms with E-state index in [1.54, 1.807) is 17.4 Å². The zero-order valence-corrected chi connectivity index (χ0v) is 14.4. The van der Waals surface area contributed by atoms with Crippen LogP contribution < -0.4 is 21.3 Å². The number of aromatic amines is 1. The van der Waals surface area contributed by atoms with Gasteiger partial charge in [0.05, 0.1) is 21.2 Å². The van der Waals surface area contributed by atoms with Crippen LogP contribution in [0, 0.1) is 6.92 Å². The zero-order valence-electron chi connectivity index (χ0n) is 12.8. The van der Waals surface area contributed by atoms with Crippen LogP contribution in [0.25, 0.3) is 18.3 Å². The largest absolute Gasteiger partial charge is 0.291 e. The first-order chi connectivity index (χ1) is 11.3. The average molecular weight is 361 g/mol. The summed E-state index contributed by atoms with van der Waals surface area (Å²) in [6, 6.07) is 9.65. The van der Waals surface area contributed by atoms with Crippen LogP contribution in [-0.2, 0) is 10.0 Å².